The highest BCUT2D eigenvalue weighted by Crippen LogP contribution is 1.84. The third kappa shape index (κ3) is 4.35. The van der Waals surface area contributed by atoms with Gasteiger partial charge in [0.1, 0.15) is 0 Å². The summed E-state index contributed by atoms with van der Waals surface area (Å²) in [4.78, 5) is 0. The molecule has 0 bridgehead atoms. The van der Waals surface area contributed by atoms with Crippen LogP contribution in [-0.4, -0.2) is 16.6 Å². The third-order valence-electron chi connectivity index (χ3n) is 0.964. The summed E-state index contributed by atoms with van der Waals surface area (Å²) in [6.07, 6.45) is 2.55. The predicted octanol–water partition coefficient (Wildman–Crippen LogP) is 0.927. The maximum atomic E-state index is 11.1. The van der Waals surface area contributed by atoms with E-state index in [2.05, 4.69) is 23.8 Å². The molecule has 0 aliphatic rings. The summed E-state index contributed by atoms with van der Waals surface area (Å²) in [6, 6.07) is 0. The maximum Gasteiger partial charge on any atom is 0.0458 e. The van der Waals surface area contributed by atoms with Crippen LogP contribution in [0.2, 0.25) is 0 Å². The van der Waals surface area contributed by atoms with Gasteiger partial charge < -0.3 is 0 Å². The number of rotatable bonds is 5. The van der Waals surface area contributed by atoms with Gasteiger partial charge in [-0.15, -0.1) is 6.58 Å². The van der Waals surface area contributed by atoms with Crippen LogP contribution in [0.5, 0.6) is 0 Å². The van der Waals surface area contributed by atoms with Gasteiger partial charge in [-0.25, -0.2) is 8.93 Å². The molecule has 0 radical (unpaired) electrons. The molecule has 2 nitrogen and oxygen atoms in total. The third-order valence-corrected chi connectivity index (χ3v) is 2.20. The number of hydrogen-bond donors (Lipinski definition) is 1. The van der Waals surface area contributed by atoms with Crippen LogP contribution in [0, 0.1) is 0 Å². The van der Waals surface area contributed by atoms with Gasteiger partial charge in [-0.2, -0.15) is 0 Å². The van der Waals surface area contributed by atoms with Crippen molar-refractivity contribution in [2.24, 2.45) is 0 Å². The van der Waals surface area contributed by atoms with Crippen molar-refractivity contribution in [2.75, 3.05) is 6.54 Å². The van der Waals surface area contributed by atoms with Crippen molar-refractivity contribution in [1.82, 2.24) is 4.72 Å². The van der Waals surface area contributed by atoms with Crippen molar-refractivity contribution in [2.45, 2.75) is 6.42 Å². The number of hydrogen-bond acceptors (Lipinski definition) is 1. The number of nitrogens with one attached hydrogen (secondary N) is 1. The molecule has 1 N–H and O–H groups in total. The Hall–Kier alpha value is -0.540. The van der Waals surface area contributed by atoms with Crippen LogP contribution >= 0.6 is 0 Å². The zero-order valence-electron chi connectivity index (χ0n) is 6.01. The topological polar surface area (TPSA) is 29.1 Å². The van der Waals surface area contributed by atoms with Crippen molar-refractivity contribution >= 4 is 15.6 Å². The molecule has 0 aromatic heterocycles. The summed E-state index contributed by atoms with van der Waals surface area (Å²) < 4.78 is 13.8. The Morgan fingerprint density at radius 2 is 2.10 bits per heavy atom. The molecule has 0 fully saturated rings. The molecule has 1 unspecified atom stereocenters. The fraction of sp³-hybridized carbons (Fsp3) is 0.286. The highest BCUT2D eigenvalue weighted by molar-refractivity contribution is 8.01. The van der Waals surface area contributed by atoms with E-state index >= 15 is 0 Å². The SMILES string of the molecule is C=CCCNS(=C)(=O)C=C. The fourth-order valence-corrected chi connectivity index (χ4v) is 0.974. The van der Waals surface area contributed by atoms with Gasteiger partial charge in [0.15, 0.2) is 0 Å². The van der Waals surface area contributed by atoms with E-state index in [1.807, 2.05) is 0 Å². The van der Waals surface area contributed by atoms with Gasteiger partial charge in [-0.3, -0.25) is 0 Å². The zero-order chi connectivity index (χ0) is 8.04. The van der Waals surface area contributed by atoms with E-state index in [0.29, 0.717) is 6.54 Å². The quantitative estimate of drug-likeness (QED) is 0.361. The molecule has 1 atom stereocenters. The van der Waals surface area contributed by atoms with Gasteiger partial charge in [-0.05, 0) is 12.3 Å². The first-order chi connectivity index (χ1) is 4.62. The van der Waals surface area contributed by atoms with Crippen molar-refractivity contribution in [1.29, 1.82) is 0 Å². The Labute approximate surface area is 62.8 Å². The molecule has 58 valence electrons. The second-order valence-corrected chi connectivity index (χ2v) is 3.94. The van der Waals surface area contributed by atoms with Crippen LogP contribution < -0.4 is 4.72 Å². The Morgan fingerprint density at radius 1 is 1.50 bits per heavy atom. The van der Waals surface area contributed by atoms with E-state index < -0.39 is 9.71 Å². The second kappa shape index (κ2) is 4.30. The van der Waals surface area contributed by atoms with Crippen LogP contribution in [0.15, 0.2) is 24.6 Å². The minimum absolute atomic E-state index is 0.637. The lowest BCUT2D eigenvalue weighted by molar-refractivity contribution is 0.676. The van der Waals surface area contributed by atoms with Gasteiger partial charge >= 0.3 is 0 Å². The summed E-state index contributed by atoms with van der Waals surface area (Å²) in [5.74, 6) is 3.42. The molecule has 0 saturated heterocycles. The first kappa shape index (κ1) is 9.46. The van der Waals surface area contributed by atoms with E-state index in [9.17, 15) is 4.21 Å². The Morgan fingerprint density at radius 3 is 2.50 bits per heavy atom. The average Bonchev–Trinajstić information content (AvgIpc) is 1.89. The summed E-state index contributed by atoms with van der Waals surface area (Å²) in [7, 11) is -2.23. The Bertz CT molecular complexity index is 204. The molecule has 3 heteroatoms. The highest BCUT2D eigenvalue weighted by Gasteiger charge is 1.92. The largest absolute Gasteiger partial charge is 0.248 e. The van der Waals surface area contributed by atoms with Gasteiger partial charge in [0.25, 0.3) is 0 Å². The first-order valence-electron chi connectivity index (χ1n) is 2.97. The zero-order valence-corrected chi connectivity index (χ0v) is 6.82. The lowest BCUT2D eigenvalue weighted by Gasteiger charge is -2.02. The summed E-state index contributed by atoms with van der Waals surface area (Å²) >= 11 is 0. The molecule has 0 saturated carbocycles. The molecule has 0 aliphatic heterocycles. The minimum Gasteiger partial charge on any atom is -0.248 e. The first-order valence-corrected chi connectivity index (χ1v) is 4.76. The van der Waals surface area contributed by atoms with Gasteiger partial charge in [0.05, 0.1) is 0 Å². The van der Waals surface area contributed by atoms with Crippen molar-refractivity contribution in [3.05, 3.63) is 24.6 Å². The van der Waals surface area contributed by atoms with Gasteiger partial charge in [0, 0.05) is 21.7 Å². The normalized spacial score (nSPS) is 15.6. The smallest absolute Gasteiger partial charge is 0.0458 e. The molecule has 0 aliphatic carbocycles. The minimum atomic E-state index is -2.23. The standard InChI is InChI=1S/C7H13NOS/c1-4-6-7-8-10(3,9)5-2/h4-5H,1-3,6-7H2,(H,8,9). The van der Waals surface area contributed by atoms with Crippen LogP contribution in [0.25, 0.3) is 0 Å². The highest BCUT2D eigenvalue weighted by atomic mass is 32.2. The Balaban J connectivity index is 3.69. The van der Waals surface area contributed by atoms with Crippen LogP contribution in [0.3, 0.4) is 0 Å². The molecule has 0 aromatic carbocycles. The molecular formula is C7H13NOS. The lowest BCUT2D eigenvalue weighted by atomic mass is 10.4. The molecule has 0 spiro atoms. The average molecular weight is 159 g/mol. The van der Waals surface area contributed by atoms with Crippen LogP contribution in [0.1, 0.15) is 6.42 Å². The van der Waals surface area contributed by atoms with E-state index in [-0.39, 0.29) is 0 Å². The molecule has 0 heterocycles. The predicted molar refractivity (Wildman–Crippen MR) is 48.3 cm³/mol. The summed E-state index contributed by atoms with van der Waals surface area (Å²) in [5.41, 5.74) is 0. The molecule has 0 aromatic rings. The monoisotopic (exact) mass is 159 g/mol. The van der Waals surface area contributed by atoms with E-state index in [0.717, 1.165) is 6.42 Å². The van der Waals surface area contributed by atoms with Gasteiger partial charge in [-0.1, -0.05) is 12.7 Å². The molecular weight excluding hydrogens is 146 g/mol. The molecule has 10 heavy (non-hydrogen) atoms. The summed E-state index contributed by atoms with van der Waals surface area (Å²) in [5, 5.41) is 1.33. The van der Waals surface area contributed by atoms with E-state index in [4.69, 9.17) is 0 Å². The summed E-state index contributed by atoms with van der Waals surface area (Å²) in [6.45, 7) is 7.55. The molecule has 0 amide bonds. The van der Waals surface area contributed by atoms with Crippen LogP contribution in [-0.2, 0) is 9.71 Å². The fourth-order valence-electron chi connectivity index (χ4n) is 0.393. The van der Waals surface area contributed by atoms with Gasteiger partial charge in [0.2, 0.25) is 0 Å². The second-order valence-electron chi connectivity index (χ2n) is 1.86. The molecule has 0 rings (SSSR count). The van der Waals surface area contributed by atoms with E-state index in [1.165, 1.54) is 5.41 Å². The van der Waals surface area contributed by atoms with Crippen molar-refractivity contribution in [3.63, 3.8) is 0 Å². The maximum absolute atomic E-state index is 11.1. The lowest BCUT2D eigenvalue weighted by Crippen LogP contribution is -2.21. The van der Waals surface area contributed by atoms with E-state index in [1.54, 1.807) is 6.08 Å². The van der Waals surface area contributed by atoms with Crippen LogP contribution in [0.4, 0.5) is 0 Å². The van der Waals surface area contributed by atoms with Crippen molar-refractivity contribution < 1.29 is 4.21 Å². The Kier molecular flexibility index (Phi) is 4.07. The van der Waals surface area contributed by atoms with Crippen molar-refractivity contribution in [3.8, 4) is 0 Å².